The van der Waals surface area contributed by atoms with E-state index in [1.165, 1.54) is 31.2 Å². The predicted octanol–water partition coefficient (Wildman–Crippen LogP) is 4.94. The molecule has 1 N–H and O–H groups in total. The van der Waals surface area contributed by atoms with Gasteiger partial charge in [0, 0.05) is 12.1 Å². The Morgan fingerprint density at radius 2 is 1.72 bits per heavy atom. The molecule has 0 aliphatic carbocycles. The van der Waals surface area contributed by atoms with Gasteiger partial charge in [0.25, 0.3) is 0 Å². The number of hydrogen-bond acceptors (Lipinski definition) is 1. The zero-order valence-corrected chi connectivity index (χ0v) is 12.4. The van der Waals surface area contributed by atoms with Crippen molar-refractivity contribution in [3.05, 3.63) is 35.9 Å². The van der Waals surface area contributed by atoms with Crippen molar-refractivity contribution >= 4 is 0 Å². The van der Waals surface area contributed by atoms with Crippen LogP contribution in [0.5, 0.6) is 0 Å². The third-order valence-corrected chi connectivity index (χ3v) is 3.45. The van der Waals surface area contributed by atoms with Gasteiger partial charge in [-0.1, -0.05) is 63.9 Å². The molecule has 0 aromatic heterocycles. The van der Waals surface area contributed by atoms with Crippen LogP contribution >= 0.6 is 0 Å². The zero-order chi connectivity index (χ0) is 13.4. The van der Waals surface area contributed by atoms with E-state index in [4.69, 9.17) is 0 Å². The minimum Gasteiger partial charge on any atom is -0.307 e. The molecule has 1 rings (SSSR count). The Hall–Kier alpha value is -0.820. The minimum atomic E-state index is 0.451. The molecule has 0 fully saturated rings. The average Bonchev–Trinajstić information content (AvgIpc) is 2.36. The summed E-state index contributed by atoms with van der Waals surface area (Å²) in [4.78, 5) is 0. The molecule has 0 aliphatic rings. The number of unbranched alkanes of at least 4 members (excludes halogenated alkanes) is 1. The first kappa shape index (κ1) is 15.2. The second-order valence-electron chi connectivity index (χ2n) is 5.77. The van der Waals surface area contributed by atoms with Crippen LogP contribution in [-0.4, -0.2) is 6.04 Å². The van der Waals surface area contributed by atoms with Crippen LogP contribution in [0.4, 0.5) is 0 Å². The van der Waals surface area contributed by atoms with E-state index in [0.717, 1.165) is 5.92 Å². The Bertz CT molecular complexity index is 305. The molecule has 0 saturated heterocycles. The molecule has 0 bridgehead atoms. The van der Waals surface area contributed by atoms with Gasteiger partial charge in [-0.3, -0.25) is 0 Å². The normalized spacial score (nSPS) is 14.7. The maximum atomic E-state index is 3.80. The van der Waals surface area contributed by atoms with Crippen LogP contribution < -0.4 is 5.32 Å². The summed E-state index contributed by atoms with van der Waals surface area (Å²) in [5, 5.41) is 3.80. The van der Waals surface area contributed by atoms with Crippen LogP contribution in [0.15, 0.2) is 30.3 Å². The van der Waals surface area contributed by atoms with Gasteiger partial charge in [0.2, 0.25) is 0 Å². The molecule has 0 heterocycles. The Morgan fingerprint density at radius 3 is 2.28 bits per heavy atom. The van der Waals surface area contributed by atoms with Crippen LogP contribution in [-0.2, 0) is 0 Å². The largest absolute Gasteiger partial charge is 0.307 e. The van der Waals surface area contributed by atoms with Crippen LogP contribution in [0.3, 0.4) is 0 Å². The van der Waals surface area contributed by atoms with Gasteiger partial charge in [-0.05, 0) is 31.2 Å². The SMILES string of the molecule is CCCC[C@@H](CC(C)C)NC(C)c1ccccc1. The number of benzene rings is 1. The van der Waals surface area contributed by atoms with Gasteiger partial charge in [-0.15, -0.1) is 0 Å². The molecule has 0 amide bonds. The maximum Gasteiger partial charge on any atom is 0.0294 e. The zero-order valence-electron chi connectivity index (χ0n) is 12.4. The first-order chi connectivity index (χ1) is 8.63. The van der Waals surface area contributed by atoms with E-state index in [9.17, 15) is 0 Å². The Labute approximate surface area is 113 Å². The van der Waals surface area contributed by atoms with Gasteiger partial charge in [0.05, 0.1) is 0 Å². The first-order valence-corrected chi connectivity index (χ1v) is 7.44. The van der Waals surface area contributed by atoms with Crippen molar-refractivity contribution in [2.45, 2.75) is 65.5 Å². The van der Waals surface area contributed by atoms with E-state index in [2.05, 4.69) is 63.3 Å². The van der Waals surface area contributed by atoms with E-state index in [0.29, 0.717) is 12.1 Å². The highest BCUT2D eigenvalue weighted by Crippen LogP contribution is 2.17. The molecule has 1 unspecified atom stereocenters. The second-order valence-corrected chi connectivity index (χ2v) is 5.77. The molecule has 0 saturated carbocycles. The van der Waals surface area contributed by atoms with Gasteiger partial charge < -0.3 is 5.32 Å². The minimum absolute atomic E-state index is 0.451. The molecule has 0 aliphatic heterocycles. The van der Waals surface area contributed by atoms with Crippen LogP contribution in [0, 0.1) is 5.92 Å². The Balaban J connectivity index is 2.53. The molecule has 18 heavy (non-hydrogen) atoms. The third kappa shape index (κ3) is 5.68. The van der Waals surface area contributed by atoms with E-state index in [-0.39, 0.29) is 0 Å². The topological polar surface area (TPSA) is 12.0 Å². The fourth-order valence-electron chi connectivity index (χ4n) is 2.48. The molecule has 2 atom stereocenters. The summed E-state index contributed by atoms with van der Waals surface area (Å²) in [6, 6.07) is 11.9. The van der Waals surface area contributed by atoms with Gasteiger partial charge in [-0.2, -0.15) is 0 Å². The standard InChI is InChI=1S/C17H29N/c1-5-6-12-17(13-14(2)3)18-15(4)16-10-8-7-9-11-16/h7-11,14-15,17-18H,5-6,12-13H2,1-4H3/t15?,17-/m0/s1. The van der Waals surface area contributed by atoms with Crippen molar-refractivity contribution in [2.75, 3.05) is 0 Å². The predicted molar refractivity (Wildman–Crippen MR) is 80.8 cm³/mol. The van der Waals surface area contributed by atoms with Gasteiger partial charge >= 0.3 is 0 Å². The smallest absolute Gasteiger partial charge is 0.0294 e. The van der Waals surface area contributed by atoms with Crippen molar-refractivity contribution in [2.24, 2.45) is 5.92 Å². The maximum absolute atomic E-state index is 3.80. The van der Waals surface area contributed by atoms with Crippen molar-refractivity contribution < 1.29 is 0 Å². The Morgan fingerprint density at radius 1 is 1.06 bits per heavy atom. The Kier molecular flexibility index (Phi) is 7.04. The molecule has 1 heteroatoms. The first-order valence-electron chi connectivity index (χ1n) is 7.44. The highest BCUT2D eigenvalue weighted by Gasteiger charge is 2.14. The lowest BCUT2D eigenvalue weighted by molar-refractivity contribution is 0.360. The molecular formula is C17H29N. The van der Waals surface area contributed by atoms with E-state index < -0.39 is 0 Å². The average molecular weight is 247 g/mol. The molecule has 102 valence electrons. The lowest BCUT2D eigenvalue weighted by Crippen LogP contribution is -2.32. The van der Waals surface area contributed by atoms with E-state index >= 15 is 0 Å². The lowest BCUT2D eigenvalue weighted by atomic mass is 9.97. The molecule has 1 nitrogen and oxygen atoms in total. The van der Waals surface area contributed by atoms with Crippen molar-refractivity contribution in [3.63, 3.8) is 0 Å². The van der Waals surface area contributed by atoms with Gasteiger partial charge in [-0.25, -0.2) is 0 Å². The highest BCUT2D eigenvalue weighted by atomic mass is 14.9. The van der Waals surface area contributed by atoms with Crippen LogP contribution in [0.2, 0.25) is 0 Å². The summed E-state index contributed by atoms with van der Waals surface area (Å²) in [7, 11) is 0. The lowest BCUT2D eigenvalue weighted by Gasteiger charge is -2.25. The van der Waals surface area contributed by atoms with E-state index in [1.54, 1.807) is 0 Å². The van der Waals surface area contributed by atoms with Crippen LogP contribution in [0.25, 0.3) is 0 Å². The number of nitrogens with one attached hydrogen (secondary N) is 1. The molecule has 1 aromatic rings. The van der Waals surface area contributed by atoms with Gasteiger partial charge in [0.15, 0.2) is 0 Å². The highest BCUT2D eigenvalue weighted by molar-refractivity contribution is 5.18. The number of hydrogen-bond donors (Lipinski definition) is 1. The fraction of sp³-hybridized carbons (Fsp3) is 0.647. The van der Waals surface area contributed by atoms with Gasteiger partial charge in [0.1, 0.15) is 0 Å². The summed E-state index contributed by atoms with van der Waals surface area (Å²) in [6.07, 6.45) is 5.19. The molecule has 0 radical (unpaired) electrons. The molecule has 0 spiro atoms. The number of rotatable bonds is 8. The summed E-state index contributed by atoms with van der Waals surface area (Å²) >= 11 is 0. The monoisotopic (exact) mass is 247 g/mol. The van der Waals surface area contributed by atoms with Crippen LogP contribution in [0.1, 0.15) is 65.0 Å². The quantitative estimate of drug-likeness (QED) is 0.686. The summed E-state index contributed by atoms with van der Waals surface area (Å²) in [5.74, 6) is 0.766. The summed E-state index contributed by atoms with van der Waals surface area (Å²) < 4.78 is 0. The third-order valence-electron chi connectivity index (χ3n) is 3.45. The van der Waals surface area contributed by atoms with Crippen molar-refractivity contribution in [3.8, 4) is 0 Å². The summed E-state index contributed by atoms with van der Waals surface area (Å²) in [5.41, 5.74) is 1.39. The molecular weight excluding hydrogens is 218 g/mol. The van der Waals surface area contributed by atoms with Crippen molar-refractivity contribution in [1.82, 2.24) is 5.32 Å². The van der Waals surface area contributed by atoms with E-state index in [1.807, 2.05) is 0 Å². The second kappa shape index (κ2) is 8.31. The molecule has 1 aromatic carbocycles. The van der Waals surface area contributed by atoms with Crippen molar-refractivity contribution in [1.29, 1.82) is 0 Å². The summed E-state index contributed by atoms with van der Waals surface area (Å²) in [6.45, 7) is 9.17. The fourth-order valence-corrected chi connectivity index (χ4v) is 2.48.